The molecule has 0 N–H and O–H groups in total. The molecule has 332 valence electrons. The standard InChI is InChI=1S/C47H88N4O6/c1-4-7-10-13-16-17-18-23-31-38-55-45(52)35-29-25-30-37-51-41-42(49-50-48)40-44(51)47(54)56-39-32-24-19-22-28-36-46(53)57-43(33-26-20-14-11-8-5-2)34-27-21-15-12-9-6-3/h42-44H,4-41H2,1-3H3/t42-,44+/m1/s1. The summed E-state index contributed by atoms with van der Waals surface area (Å²) in [6.07, 6.45) is 36.7. The summed E-state index contributed by atoms with van der Waals surface area (Å²) in [5.74, 6) is -0.414. The first-order valence-corrected chi connectivity index (χ1v) is 24.2. The summed E-state index contributed by atoms with van der Waals surface area (Å²) >= 11 is 0. The predicted molar refractivity (Wildman–Crippen MR) is 234 cm³/mol. The van der Waals surface area contributed by atoms with Crippen molar-refractivity contribution in [1.82, 2.24) is 4.90 Å². The molecule has 0 unspecified atom stereocenters. The molecule has 1 fully saturated rings. The van der Waals surface area contributed by atoms with Crippen LogP contribution in [0.4, 0.5) is 0 Å². The third-order valence-electron chi connectivity index (χ3n) is 11.5. The highest BCUT2D eigenvalue weighted by molar-refractivity contribution is 5.76. The minimum Gasteiger partial charge on any atom is -0.466 e. The molecule has 2 atom stereocenters. The maximum atomic E-state index is 13.1. The van der Waals surface area contributed by atoms with E-state index >= 15 is 0 Å². The van der Waals surface area contributed by atoms with Crippen molar-refractivity contribution < 1.29 is 28.6 Å². The van der Waals surface area contributed by atoms with Gasteiger partial charge in [0.1, 0.15) is 12.1 Å². The summed E-state index contributed by atoms with van der Waals surface area (Å²) < 4.78 is 17.1. The van der Waals surface area contributed by atoms with Crippen molar-refractivity contribution in [3.8, 4) is 0 Å². The molecule has 0 bridgehead atoms. The monoisotopic (exact) mass is 805 g/mol. The van der Waals surface area contributed by atoms with Crippen LogP contribution in [0.25, 0.3) is 10.4 Å². The molecule has 1 rings (SSSR count). The van der Waals surface area contributed by atoms with Crippen LogP contribution in [0.1, 0.15) is 239 Å². The number of hydrogen-bond donors (Lipinski definition) is 0. The van der Waals surface area contributed by atoms with Gasteiger partial charge in [0.05, 0.1) is 19.3 Å². The highest BCUT2D eigenvalue weighted by Crippen LogP contribution is 2.23. The van der Waals surface area contributed by atoms with Crippen LogP contribution in [0.3, 0.4) is 0 Å². The van der Waals surface area contributed by atoms with E-state index in [2.05, 4.69) is 35.7 Å². The lowest BCUT2D eigenvalue weighted by Gasteiger charge is -2.22. The maximum Gasteiger partial charge on any atom is 0.323 e. The van der Waals surface area contributed by atoms with Crippen molar-refractivity contribution in [2.75, 3.05) is 26.3 Å². The van der Waals surface area contributed by atoms with Gasteiger partial charge in [-0.1, -0.05) is 167 Å². The molecule has 0 aromatic rings. The molecule has 1 heterocycles. The van der Waals surface area contributed by atoms with Gasteiger partial charge in [-0.05, 0) is 76.3 Å². The summed E-state index contributed by atoms with van der Waals surface area (Å²) in [4.78, 5) is 43.0. The Kier molecular flexibility index (Phi) is 36.2. The minimum absolute atomic E-state index is 0.0480. The van der Waals surface area contributed by atoms with E-state index in [1.54, 1.807) is 0 Å². The summed E-state index contributed by atoms with van der Waals surface area (Å²) in [5, 5.41) is 3.89. The fourth-order valence-electron chi connectivity index (χ4n) is 7.94. The van der Waals surface area contributed by atoms with Gasteiger partial charge >= 0.3 is 17.9 Å². The zero-order valence-corrected chi connectivity index (χ0v) is 37.3. The number of rotatable bonds is 41. The van der Waals surface area contributed by atoms with Crippen LogP contribution in [-0.4, -0.2) is 67.3 Å². The summed E-state index contributed by atoms with van der Waals surface area (Å²) in [6, 6.07) is -0.643. The molecule has 0 aromatic heterocycles. The lowest BCUT2D eigenvalue weighted by Crippen LogP contribution is -2.38. The van der Waals surface area contributed by atoms with Crippen molar-refractivity contribution in [2.45, 2.75) is 257 Å². The SMILES string of the molecule is CCCCCCCCCCCOC(=O)CCCCCN1C[C@H](N=[N+]=[N-])C[C@H]1C(=O)OCCCCCCCC(=O)OC(CCCCCCCC)CCCCCCCC. The van der Waals surface area contributed by atoms with Gasteiger partial charge in [-0.25, -0.2) is 0 Å². The van der Waals surface area contributed by atoms with E-state index in [1.165, 1.54) is 109 Å². The summed E-state index contributed by atoms with van der Waals surface area (Å²) in [5.41, 5.74) is 9.00. The highest BCUT2D eigenvalue weighted by Gasteiger charge is 2.37. The van der Waals surface area contributed by atoms with Crippen molar-refractivity contribution >= 4 is 17.9 Å². The number of ether oxygens (including phenoxy) is 3. The normalized spacial score (nSPS) is 15.5. The first kappa shape index (κ1) is 52.7. The first-order chi connectivity index (χ1) is 27.9. The number of carbonyl (C=O) groups is 3. The molecule has 0 radical (unpaired) electrons. The van der Waals surface area contributed by atoms with E-state index in [4.69, 9.17) is 19.7 Å². The van der Waals surface area contributed by atoms with Gasteiger partial charge in [-0.2, -0.15) is 0 Å². The summed E-state index contributed by atoms with van der Waals surface area (Å²) in [7, 11) is 0. The molecular formula is C47H88N4O6. The molecule has 0 saturated carbocycles. The molecule has 0 aromatic carbocycles. The molecular weight excluding hydrogens is 717 g/mol. The predicted octanol–water partition coefficient (Wildman–Crippen LogP) is 13.7. The largest absolute Gasteiger partial charge is 0.466 e. The van der Waals surface area contributed by atoms with Gasteiger partial charge in [0.15, 0.2) is 0 Å². The first-order valence-electron chi connectivity index (χ1n) is 24.2. The van der Waals surface area contributed by atoms with Crippen LogP contribution in [0.15, 0.2) is 5.11 Å². The van der Waals surface area contributed by atoms with E-state index < -0.39 is 6.04 Å². The van der Waals surface area contributed by atoms with Gasteiger partial charge in [0, 0.05) is 24.3 Å². The highest BCUT2D eigenvalue weighted by atomic mass is 16.5. The zero-order valence-electron chi connectivity index (χ0n) is 37.3. The lowest BCUT2D eigenvalue weighted by atomic mass is 10.0. The Bertz CT molecular complexity index is 1010. The molecule has 0 amide bonds. The Labute approximate surface area is 349 Å². The lowest BCUT2D eigenvalue weighted by molar-refractivity contribution is -0.150. The van der Waals surface area contributed by atoms with Crippen LogP contribution in [0.2, 0.25) is 0 Å². The van der Waals surface area contributed by atoms with Crippen molar-refractivity contribution in [3.63, 3.8) is 0 Å². The molecule has 0 spiro atoms. The van der Waals surface area contributed by atoms with Crippen LogP contribution in [0.5, 0.6) is 0 Å². The topological polar surface area (TPSA) is 131 Å². The number of hydrogen-bond acceptors (Lipinski definition) is 8. The number of unbranched alkanes of at least 4 members (excludes halogenated alkanes) is 24. The minimum atomic E-state index is -0.404. The molecule has 10 heteroatoms. The zero-order chi connectivity index (χ0) is 41.4. The molecule has 1 aliphatic heterocycles. The van der Waals surface area contributed by atoms with Crippen LogP contribution in [-0.2, 0) is 28.6 Å². The fraction of sp³-hybridized carbons (Fsp3) is 0.936. The molecule has 1 saturated heterocycles. The molecule has 57 heavy (non-hydrogen) atoms. The van der Waals surface area contributed by atoms with Crippen LogP contribution >= 0.6 is 0 Å². The number of likely N-dealkylation sites (tertiary alicyclic amines) is 1. The summed E-state index contributed by atoms with van der Waals surface area (Å²) in [6.45, 7) is 8.87. The Morgan fingerprint density at radius 3 is 1.54 bits per heavy atom. The van der Waals surface area contributed by atoms with Gasteiger partial charge in [0.25, 0.3) is 0 Å². The molecule has 0 aliphatic carbocycles. The quantitative estimate of drug-likeness (QED) is 0.0150. The fourth-order valence-corrected chi connectivity index (χ4v) is 7.94. The van der Waals surface area contributed by atoms with Gasteiger partial charge in [-0.3, -0.25) is 19.3 Å². The smallest absolute Gasteiger partial charge is 0.323 e. The van der Waals surface area contributed by atoms with Gasteiger partial charge in [0.2, 0.25) is 0 Å². The average molecular weight is 805 g/mol. The second-order valence-electron chi connectivity index (χ2n) is 16.9. The number of nitrogens with zero attached hydrogens (tertiary/aromatic N) is 4. The second-order valence-corrected chi connectivity index (χ2v) is 16.9. The number of esters is 3. The van der Waals surface area contributed by atoms with Gasteiger partial charge in [-0.15, -0.1) is 0 Å². The van der Waals surface area contributed by atoms with Crippen LogP contribution < -0.4 is 0 Å². The maximum absolute atomic E-state index is 13.1. The third kappa shape index (κ3) is 31.3. The number of carbonyl (C=O) groups excluding carboxylic acids is 3. The van der Waals surface area contributed by atoms with E-state index in [9.17, 15) is 14.4 Å². The Morgan fingerprint density at radius 1 is 0.579 bits per heavy atom. The Hall–Kier alpha value is -2.32. The van der Waals surface area contributed by atoms with Crippen molar-refractivity contribution in [2.24, 2.45) is 5.11 Å². The van der Waals surface area contributed by atoms with Crippen LogP contribution in [0, 0.1) is 0 Å². The average Bonchev–Trinajstić information content (AvgIpc) is 3.61. The Morgan fingerprint density at radius 2 is 1.02 bits per heavy atom. The third-order valence-corrected chi connectivity index (χ3v) is 11.5. The van der Waals surface area contributed by atoms with E-state index in [0.29, 0.717) is 45.6 Å². The second kappa shape index (κ2) is 39.2. The van der Waals surface area contributed by atoms with E-state index in [0.717, 1.165) is 89.9 Å². The molecule has 1 aliphatic rings. The van der Waals surface area contributed by atoms with Crippen molar-refractivity contribution in [1.29, 1.82) is 0 Å². The van der Waals surface area contributed by atoms with Gasteiger partial charge < -0.3 is 14.2 Å². The molecule has 10 nitrogen and oxygen atoms in total. The van der Waals surface area contributed by atoms with E-state index in [1.807, 2.05) is 0 Å². The van der Waals surface area contributed by atoms with E-state index in [-0.39, 0.29) is 30.1 Å². The van der Waals surface area contributed by atoms with Crippen molar-refractivity contribution in [3.05, 3.63) is 10.4 Å². The number of azide groups is 1. The Balaban J connectivity index is 2.22.